The van der Waals surface area contributed by atoms with Gasteiger partial charge in [-0.15, -0.1) is 23.5 Å². The standard InChI is InChI=1S/C64H60N2O3S2/c1-47-33-37-53(38-34-47)63(49-20-7-3-8-21-49,50-22-9-4-10-23-50)70-44-42-65(43-45-71-64(51-24-11-5-12-25-51,52-26-13-6-14-27-52)54-39-35-48(2)36-40-54)61(67)60-32-19-41-66(60)62(68)69-46-59-57-30-17-15-28-55(57)56-29-16-18-31-58(56)59/h3-18,20-31,33-40,59-60H,19,32,41-46H2,1-2H3/t60-/m0/s1. The van der Waals surface area contributed by atoms with Crippen LogP contribution in [0.25, 0.3) is 11.1 Å². The summed E-state index contributed by atoms with van der Waals surface area (Å²) in [5, 5.41) is 0. The molecule has 1 atom stereocenters. The molecule has 8 aromatic carbocycles. The fraction of sp³-hybridized carbons (Fsp3) is 0.219. The normalized spacial score (nSPS) is 14.5. The van der Waals surface area contributed by atoms with Crippen molar-refractivity contribution < 1.29 is 14.3 Å². The highest BCUT2D eigenvalue weighted by molar-refractivity contribution is 8.00. The number of benzene rings is 8. The first-order chi connectivity index (χ1) is 34.9. The number of carbonyl (C=O) groups is 2. The second-order valence-corrected chi connectivity index (χ2v) is 21.4. The summed E-state index contributed by atoms with van der Waals surface area (Å²) in [6, 6.07) is 77.0. The van der Waals surface area contributed by atoms with Gasteiger partial charge < -0.3 is 9.64 Å². The number of rotatable bonds is 17. The van der Waals surface area contributed by atoms with Gasteiger partial charge in [0.05, 0.1) is 9.49 Å². The number of nitrogens with zero attached hydrogens (tertiary/aromatic N) is 2. The minimum absolute atomic E-state index is 0.0297. The van der Waals surface area contributed by atoms with Crippen molar-refractivity contribution in [1.29, 1.82) is 0 Å². The first-order valence-electron chi connectivity index (χ1n) is 24.9. The molecule has 0 spiro atoms. The zero-order valence-corrected chi connectivity index (χ0v) is 42.2. The van der Waals surface area contributed by atoms with Crippen LogP contribution in [0.3, 0.4) is 0 Å². The first-order valence-corrected chi connectivity index (χ1v) is 26.9. The van der Waals surface area contributed by atoms with Gasteiger partial charge >= 0.3 is 6.09 Å². The molecule has 1 aliphatic carbocycles. The number of aryl methyl sites for hydroxylation is 2. The number of amides is 2. The average Bonchev–Trinajstić information content (AvgIpc) is 4.05. The van der Waals surface area contributed by atoms with Gasteiger partial charge in [0.2, 0.25) is 5.91 Å². The Bertz CT molecular complexity index is 2780. The van der Waals surface area contributed by atoms with Crippen molar-refractivity contribution in [2.45, 2.75) is 48.1 Å². The van der Waals surface area contributed by atoms with Gasteiger partial charge in [0.25, 0.3) is 0 Å². The van der Waals surface area contributed by atoms with Crippen LogP contribution in [-0.2, 0) is 19.0 Å². The van der Waals surface area contributed by atoms with Crippen LogP contribution in [0.15, 0.2) is 218 Å². The molecule has 1 aliphatic heterocycles. The van der Waals surface area contributed by atoms with Crippen LogP contribution in [0.5, 0.6) is 0 Å². The van der Waals surface area contributed by atoms with E-state index in [9.17, 15) is 4.79 Å². The van der Waals surface area contributed by atoms with E-state index in [-0.39, 0.29) is 18.4 Å². The van der Waals surface area contributed by atoms with E-state index < -0.39 is 21.6 Å². The summed E-state index contributed by atoms with van der Waals surface area (Å²) in [6.45, 7) is 5.91. The first kappa shape index (κ1) is 47.9. The molecule has 0 unspecified atom stereocenters. The molecule has 1 fully saturated rings. The van der Waals surface area contributed by atoms with E-state index in [0.29, 0.717) is 37.6 Å². The topological polar surface area (TPSA) is 49.9 Å². The second kappa shape index (κ2) is 21.7. The minimum atomic E-state index is -0.629. The Morgan fingerprint density at radius 3 is 1.28 bits per heavy atom. The second-order valence-electron chi connectivity index (χ2n) is 18.7. The Hall–Kier alpha value is -6.80. The van der Waals surface area contributed by atoms with Crippen LogP contribution in [0, 0.1) is 13.8 Å². The average molecular weight is 969 g/mol. The molecule has 0 bridgehead atoms. The summed E-state index contributed by atoms with van der Waals surface area (Å²) < 4.78 is 5.15. The Labute approximate surface area is 428 Å². The van der Waals surface area contributed by atoms with Gasteiger partial charge in [-0.25, -0.2) is 4.79 Å². The van der Waals surface area contributed by atoms with Crippen LogP contribution < -0.4 is 0 Å². The van der Waals surface area contributed by atoms with Crippen molar-refractivity contribution >= 4 is 35.5 Å². The maximum Gasteiger partial charge on any atom is 0.410 e. The number of fused-ring (bicyclic) bond motifs is 3. The molecule has 8 aromatic rings. The van der Waals surface area contributed by atoms with Gasteiger partial charge in [-0.2, -0.15) is 0 Å². The van der Waals surface area contributed by atoms with E-state index in [1.807, 2.05) is 28.4 Å². The predicted molar refractivity (Wildman–Crippen MR) is 294 cm³/mol. The zero-order chi connectivity index (χ0) is 48.6. The summed E-state index contributed by atoms with van der Waals surface area (Å²) in [5.41, 5.74) is 14.2. The Morgan fingerprint density at radius 1 is 0.507 bits per heavy atom. The zero-order valence-electron chi connectivity index (χ0n) is 40.5. The summed E-state index contributed by atoms with van der Waals surface area (Å²) in [6.07, 6.45) is 0.891. The fourth-order valence-electron chi connectivity index (χ4n) is 10.8. The molecule has 0 saturated carbocycles. The van der Waals surface area contributed by atoms with E-state index in [4.69, 9.17) is 4.74 Å². The molecular weight excluding hydrogens is 909 g/mol. The summed E-state index contributed by atoms with van der Waals surface area (Å²) in [5.74, 6) is 1.19. The van der Waals surface area contributed by atoms with E-state index in [1.165, 1.54) is 55.6 Å². The molecular formula is C64H60N2O3S2. The van der Waals surface area contributed by atoms with Crippen molar-refractivity contribution in [3.05, 3.63) is 274 Å². The Morgan fingerprint density at radius 2 is 0.873 bits per heavy atom. The maximum absolute atomic E-state index is 15.5. The SMILES string of the molecule is Cc1ccc(C(SCCN(CCSC(c2ccccc2)(c2ccccc2)c2ccc(C)cc2)C(=O)[C@@H]2CCCN2C(=O)OCC2c3ccccc3-c3ccccc32)(c2ccccc2)c2ccccc2)cc1. The Balaban J connectivity index is 0.969. The van der Waals surface area contributed by atoms with Crippen molar-refractivity contribution in [2.24, 2.45) is 0 Å². The predicted octanol–water partition coefficient (Wildman–Crippen LogP) is 14.3. The van der Waals surface area contributed by atoms with E-state index in [2.05, 4.69) is 232 Å². The van der Waals surface area contributed by atoms with Crippen molar-refractivity contribution in [3.8, 4) is 11.1 Å². The quantitative estimate of drug-likeness (QED) is 0.0851. The van der Waals surface area contributed by atoms with Gasteiger partial charge in [-0.1, -0.05) is 230 Å². The third-order valence-corrected chi connectivity index (χ3v) is 17.5. The lowest BCUT2D eigenvalue weighted by molar-refractivity contribution is -0.135. The van der Waals surface area contributed by atoms with Crippen LogP contribution >= 0.6 is 23.5 Å². The largest absolute Gasteiger partial charge is 0.448 e. The van der Waals surface area contributed by atoms with Crippen LogP contribution in [-0.4, -0.2) is 65.6 Å². The fourth-order valence-corrected chi connectivity index (χ4v) is 13.9. The van der Waals surface area contributed by atoms with Gasteiger partial charge in [-0.05, 0) is 82.3 Å². The monoisotopic (exact) mass is 968 g/mol. The lowest BCUT2D eigenvalue weighted by atomic mass is 9.84. The highest BCUT2D eigenvalue weighted by atomic mass is 32.2. The van der Waals surface area contributed by atoms with Crippen molar-refractivity contribution in [3.63, 3.8) is 0 Å². The summed E-state index contributed by atoms with van der Waals surface area (Å²) in [4.78, 5) is 33.6. The molecule has 2 amide bonds. The molecule has 0 N–H and O–H groups in total. The summed E-state index contributed by atoms with van der Waals surface area (Å²) >= 11 is 3.73. The molecule has 356 valence electrons. The number of hydrogen-bond acceptors (Lipinski definition) is 5. The van der Waals surface area contributed by atoms with Gasteiger partial charge in [0.15, 0.2) is 0 Å². The third-order valence-electron chi connectivity index (χ3n) is 14.4. The molecule has 2 aliphatic rings. The molecule has 10 rings (SSSR count). The van der Waals surface area contributed by atoms with Crippen molar-refractivity contribution in [2.75, 3.05) is 37.7 Å². The van der Waals surface area contributed by atoms with E-state index >= 15 is 4.79 Å². The van der Waals surface area contributed by atoms with Crippen LogP contribution in [0.4, 0.5) is 4.79 Å². The number of ether oxygens (including phenoxy) is 1. The van der Waals surface area contributed by atoms with Crippen molar-refractivity contribution in [1.82, 2.24) is 9.80 Å². The highest BCUT2D eigenvalue weighted by Gasteiger charge is 2.42. The molecule has 71 heavy (non-hydrogen) atoms. The minimum Gasteiger partial charge on any atom is -0.448 e. The van der Waals surface area contributed by atoms with Crippen LogP contribution in [0.2, 0.25) is 0 Å². The molecule has 1 saturated heterocycles. The third kappa shape index (κ3) is 9.70. The van der Waals surface area contributed by atoms with E-state index in [1.54, 1.807) is 4.90 Å². The number of carbonyl (C=O) groups excluding carboxylic acids is 2. The maximum atomic E-state index is 15.5. The Kier molecular flexibility index (Phi) is 14.6. The molecule has 1 heterocycles. The van der Waals surface area contributed by atoms with E-state index in [0.717, 1.165) is 17.5 Å². The smallest absolute Gasteiger partial charge is 0.410 e. The number of thioether (sulfide) groups is 2. The molecule has 0 radical (unpaired) electrons. The lowest BCUT2D eigenvalue weighted by Crippen LogP contribution is -2.49. The molecule has 5 nitrogen and oxygen atoms in total. The lowest BCUT2D eigenvalue weighted by Gasteiger charge is -2.38. The van der Waals surface area contributed by atoms with Gasteiger partial charge in [0, 0.05) is 37.1 Å². The van der Waals surface area contributed by atoms with Gasteiger partial charge in [0.1, 0.15) is 12.6 Å². The van der Waals surface area contributed by atoms with Gasteiger partial charge in [-0.3, -0.25) is 9.69 Å². The molecule has 7 heteroatoms. The molecule has 0 aromatic heterocycles. The highest BCUT2D eigenvalue weighted by Crippen LogP contribution is 2.51. The van der Waals surface area contributed by atoms with Crippen LogP contribution in [0.1, 0.15) is 74.4 Å². The number of hydrogen-bond donors (Lipinski definition) is 0. The number of likely N-dealkylation sites (tertiary alicyclic amines) is 1. The summed E-state index contributed by atoms with van der Waals surface area (Å²) in [7, 11) is 0.